The van der Waals surface area contributed by atoms with Crippen LogP contribution in [-0.4, -0.2) is 30.9 Å². The molecule has 0 aromatic heterocycles. The molecule has 140 valence electrons. The third kappa shape index (κ3) is 4.37. The summed E-state index contributed by atoms with van der Waals surface area (Å²) < 4.78 is 13.3. The molecule has 1 amide bonds. The maximum atomic E-state index is 13.3. The first-order valence-corrected chi connectivity index (χ1v) is 8.83. The van der Waals surface area contributed by atoms with Gasteiger partial charge in [-0.2, -0.15) is 0 Å². The highest BCUT2D eigenvalue weighted by molar-refractivity contribution is 6.30. The van der Waals surface area contributed by atoms with Crippen molar-refractivity contribution in [1.82, 2.24) is 10.2 Å². The third-order valence-corrected chi connectivity index (χ3v) is 5.27. The van der Waals surface area contributed by atoms with Crippen molar-refractivity contribution in [3.63, 3.8) is 0 Å². The zero-order valence-electron chi connectivity index (χ0n) is 14.8. The Kier molecular flexibility index (Phi) is 7.04. The van der Waals surface area contributed by atoms with Crippen molar-refractivity contribution < 1.29 is 9.18 Å². The predicted molar refractivity (Wildman–Crippen MR) is 105 cm³/mol. The molecule has 2 aromatic rings. The number of hydrogen-bond acceptors (Lipinski definition) is 2. The number of carbonyl (C=O) groups excluding carboxylic acids is 1. The van der Waals surface area contributed by atoms with Crippen LogP contribution in [0.15, 0.2) is 48.5 Å². The summed E-state index contributed by atoms with van der Waals surface area (Å²) in [7, 11) is 1.81. The lowest BCUT2D eigenvalue weighted by atomic mass is 9.87. The summed E-state index contributed by atoms with van der Waals surface area (Å²) in [5.74, 6) is 0.118. The minimum Gasteiger partial charge on any atom is -0.334 e. The molecule has 2 atom stereocenters. The molecular weight excluding hydrogens is 374 g/mol. The number of carbonyl (C=O) groups is 1. The van der Waals surface area contributed by atoms with E-state index in [0.29, 0.717) is 10.9 Å². The topological polar surface area (TPSA) is 32.3 Å². The lowest BCUT2D eigenvalue weighted by molar-refractivity contribution is -0.137. The second-order valence-corrected chi connectivity index (χ2v) is 7.10. The number of halogens is 3. The fourth-order valence-electron chi connectivity index (χ4n) is 3.24. The number of nitrogens with zero attached hydrogens (tertiary/aromatic N) is 1. The molecule has 6 heteroatoms. The fourth-order valence-corrected chi connectivity index (χ4v) is 3.37. The predicted octanol–water partition coefficient (Wildman–Crippen LogP) is 4.30. The van der Waals surface area contributed by atoms with E-state index in [1.54, 1.807) is 17.0 Å². The van der Waals surface area contributed by atoms with Crippen LogP contribution in [0, 0.1) is 17.7 Å². The number of rotatable bonds is 5. The first-order valence-electron chi connectivity index (χ1n) is 8.45. The van der Waals surface area contributed by atoms with E-state index in [0.717, 1.165) is 24.2 Å². The van der Waals surface area contributed by atoms with Crippen molar-refractivity contribution >= 4 is 29.9 Å². The van der Waals surface area contributed by atoms with Crippen molar-refractivity contribution in [3.8, 4) is 0 Å². The molecule has 1 fully saturated rings. The zero-order chi connectivity index (χ0) is 18.0. The molecule has 2 aromatic carbocycles. The number of amides is 1. The number of benzene rings is 2. The quantitative estimate of drug-likeness (QED) is 0.816. The molecular formula is C20H23Cl2FN2O. The van der Waals surface area contributed by atoms with Crippen LogP contribution >= 0.6 is 24.0 Å². The molecule has 0 radical (unpaired) electrons. The average Bonchev–Trinajstić information content (AvgIpc) is 2.56. The first kappa shape index (κ1) is 20.7. The van der Waals surface area contributed by atoms with Crippen molar-refractivity contribution in [2.75, 3.05) is 20.1 Å². The summed E-state index contributed by atoms with van der Waals surface area (Å²) >= 11 is 6.01. The molecule has 1 aliphatic rings. The standard InChI is InChI=1S/C20H22ClFN2O.ClH/c1-13(16-11-23-12-16)20(25)24(2)19(14-3-7-17(21)8-4-14)15-5-9-18(22)10-6-15;/h3-10,13,16,19,23H,11-12H2,1-2H3;1H. The van der Waals surface area contributed by atoms with E-state index in [-0.39, 0.29) is 36.1 Å². The Labute approximate surface area is 164 Å². The van der Waals surface area contributed by atoms with Gasteiger partial charge in [-0.1, -0.05) is 42.8 Å². The van der Waals surface area contributed by atoms with Gasteiger partial charge >= 0.3 is 0 Å². The van der Waals surface area contributed by atoms with Crippen LogP contribution in [0.3, 0.4) is 0 Å². The van der Waals surface area contributed by atoms with Gasteiger partial charge in [-0.15, -0.1) is 12.4 Å². The third-order valence-electron chi connectivity index (χ3n) is 5.02. The monoisotopic (exact) mass is 396 g/mol. The van der Waals surface area contributed by atoms with E-state index in [4.69, 9.17) is 11.6 Å². The van der Waals surface area contributed by atoms with Crippen LogP contribution in [0.5, 0.6) is 0 Å². The summed E-state index contributed by atoms with van der Waals surface area (Å²) in [5, 5.41) is 3.86. The summed E-state index contributed by atoms with van der Waals surface area (Å²) in [5.41, 5.74) is 1.82. The highest BCUT2D eigenvalue weighted by Gasteiger charge is 2.33. The van der Waals surface area contributed by atoms with Gasteiger partial charge in [-0.3, -0.25) is 4.79 Å². The van der Waals surface area contributed by atoms with E-state index in [2.05, 4.69) is 5.32 Å². The van der Waals surface area contributed by atoms with Gasteiger partial charge in [-0.25, -0.2) is 4.39 Å². The van der Waals surface area contributed by atoms with E-state index in [9.17, 15) is 9.18 Å². The Morgan fingerprint density at radius 2 is 1.62 bits per heavy atom. The number of nitrogens with one attached hydrogen (secondary N) is 1. The normalized spacial score (nSPS) is 16.2. The zero-order valence-corrected chi connectivity index (χ0v) is 16.4. The number of hydrogen-bond donors (Lipinski definition) is 1. The molecule has 0 saturated carbocycles. The smallest absolute Gasteiger partial charge is 0.226 e. The van der Waals surface area contributed by atoms with Crippen molar-refractivity contribution in [2.45, 2.75) is 13.0 Å². The maximum absolute atomic E-state index is 13.3. The van der Waals surface area contributed by atoms with Gasteiger partial charge in [0.2, 0.25) is 5.91 Å². The highest BCUT2D eigenvalue weighted by Crippen LogP contribution is 2.31. The molecule has 3 rings (SSSR count). The van der Waals surface area contributed by atoms with E-state index in [1.807, 2.05) is 38.2 Å². The van der Waals surface area contributed by atoms with Crippen molar-refractivity contribution in [2.24, 2.45) is 11.8 Å². The summed E-state index contributed by atoms with van der Waals surface area (Å²) in [6, 6.07) is 13.5. The Morgan fingerprint density at radius 3 is 2.08 bits per heavy atom. The molecule has 0 aliphatic carbocycles. The molecule has 0 spiro atoms. The Hall–Kier alpha value is -1.62. The Bertz CT molecular complexity index is 687. The van der Waals surface area contributed by atoms with Crippen LogP contribution in [0.4, 0.5) is 4.39 Å². The highest BCUT2D eigenvalue weighted by atomic mass is 35.5. The molecule has 0 bridgehead atoms. The minimum atomic E-state index is -0.290. The van der Waals surface area contributed by atoms with Crippen LogP contribution in [-0.2, 0) is 4.79 Å². The van der Waals surface area contributed by atoms with Gasteiger partial charge in [0.05, 0.1) is 6.04 Å². The second kappa shape index (κ2) is 8.85. The van der Waals surface area contributed by atoms with Crippen LogP contribution in [0.25, 0.3) is 0 Å². The SMILES string of the molecule is CC(C(=O)N(C)C(c1ccc(F)cc1)c1ccc(Cl)cc1)C1CNC1.Cl. The van der Waals surface area contributed by atoms with E-state index >= 15 is 0 Å². The minimum absolute atomic E-state index is 0. The summed E-state index contributed by atoms with van der Waals surface area (Å²) in [6.45, 7) is 3.74. The fraction of sp³-hybridized carbons (Fsp3) is 0.350. The average molecular weight is 397 g/mol. The molecule has 1 aliphatic heterocycles. The Morgan fingerprint density at radius 1 is 1.12 bits per heavy atom. The molecule has 2 unspecified atom stereocenters. The maximum Gasteiger partial charge on any atom is 0.226 e. The lowest BCUT2D eigenvalue weighted by Crippen LogP contribution is -2.50. The van der Waals surface area contributed by atoms with Crippen molar-refractivity contribution in [3.05, 3.63) is 70.5 Å². The van der Waals surface area contributed by atoms with Crippen LogP contribution < -0.4 is 5.32 Å². The molecule has 1 N–H and O–H groups in total. The Balaban J connectivity index is 0.00000243. The van der Waals surface area contributed by atoms with E-state index in [1.165, 1.54) is 12.1 Å². The van der Waals surface area contributed by atoms with Gasteiger partial charge in [0.25, 0.3) is 0 Å². The van der Waals surface area contributed by atoms with Gasteiger partial charge in [0, 0.05) is 18.0 Å². The second-order valence-electron chi connectivity index (χ2n) is 6.66. The van der Waals surface area contributed by atoms with Gasteiger partial charge < -0.3 is 10.2 Å². The molecule has 1 saturated heterocycles. The summed E-state index contributed by atoms with van der Waals surface area (Å²) in [4.78, 5) is 14.8. The first-order chi connectivity index (χ1) is 12.0. The molecule has 3 nitrogen and oxygen atoms in total. The van der Waals surface area contributed by atoms with Crippen molar-refractivity contribution in [1.29, 1.82) is 0 Å². The van der Waals surface area contributed by atoms with Gasteiger partial charge in [0.15, 0.2) is 0 Å². The summed E-state index contributed by atoms with van der Waals surface area (Å²) in [6.07, 6.45) is 0. The van der Waals surface area contributed by atoms with Crippen LogP contribution in [0.2, 0.25) is 5.02 Å². The largest absolute Gasteiger partial charge is 0.334 e. The van der Waals surface area contributed by atoms with Gasteiger partial charge in [0.1, 0.15) is 5.82 Å². The van der Waals surface area contributed by atoms with E-state index < -0.39 is 0 Å². The van der Waals surface area contributed by atoms with Gasteiger partial charge in [-0.05, 0) is 54.4 Å². The lowest BCUT2D eigenvalue weighted by Gasteiger charge is -2.37. The van der Waals surface area contributed by atoms with Crippen LogP contribution in [0.1, 0.15) is 24.1 Å². The molecule has 1 heterocycles. The molecule has 26 heavy (non-hydrogen) atoms.